The Morgan fingerprint density at radius 1 is 1.03 bits per heavy atom. The number of nitrogens with zero attached hydrogens (tertiary/aromatic N) is 2. The van der Waals surface area contributed by atoms with Crippen molar-refractivity contribution < 1.29 is 43.3 Å². The molecule has 11 nitrogen and oxygen atoms in total. The van der Waals surface area contributed by atoms with E-state index in [0.717, 1.165) is 16.5 Å². The summed E-state index contributed by atoms with van der Waals surface area (Å²) in [4.78, 5) is 53.6. The first-order valence-electron chi connectivity index (χ1n) is 8.42. The summed E-state index contributed by atoms with van der Waals surface area (Å²) in [5.41, 5.74) is 1.24. The Morgan fingerprint density at radius 3 is 2.27 bits per heavy atom. The van der Waals surface area contributed by atoms with Gasteiger partial charge in [-0.25, -0.2) is 9.78 Å². The van der Waals surface area contributed by atoms with Crippen LogP contribution in [0.3, 0.4) is 0 Å². The molecule has 0 aliphatic carbocycles. The third kappa shape index (κ3) is 4.38. The number of rotatable bonds is 7. The lowest BCUT2D eigenvalue weighted by Gasteiger charge is -2.29. The minimum absolute atomic E-state index is 0.0210. The highest BCUT2D eigenvalue weighted by atomic mass is 31.2. The molecule has 0 radical (unpaired) electrons. The van der Waals surface area contributed by atoms with E-state index in [0.29, 0.717) is 0 Å². The van der Waals surface area contributed by atoms with Crippen molar-refractivity contribution in [1.29, 1.82) is 0 Å². The minimum Gasteiger partial charge on any atom is -0.457 e. The molecule has 2 aromatic carbocycles. The van der Waals surface area contributed by atoms with Crippen molar-refractivity contribution in [1.82, 2.24) is 9.55 Å². The van der Waals surface area contributed by atoms with E-state index in [9.17, 15) is 38.6 Å². The van der Waals surface area contributed by atoms with Crippen molar-refractivity contribution in [3.05, 3.63) is 66.0 Å². The highest BCUT2D eigenvalue weighted by Crippen LogP contribution is 2.68. The van der Waals surface area contributed by atoms with Gasteiger partial charge in [0.1, 0.15) is 6.61 Å². The van der Waals surface area contributed by atoms with Crippen molar-refractivity contribution in [2.24, 2.45) is 0 Å². The highest BCUT2D eigenvalue weighted by molar-refractivity contribution is 7.72. The molecule has 0 aliphatic rings. The SMILES string of the molecule is O=C(OCc1ccccc1)c1ccc2ncn(CC(O)(P(=O)(O)O)P(=O)(O)O)c2c1. The van der Waals surface area contributed by atoms with Crippen molar-refractivity contribution in [3.8, 4) is 0 Å². The van der Waals surface area contributed by atoms with E-state index in [4.69, 9.17) is 4.74 Å². The molecule has 1 heterocycles. The van der Waals surface area contributed by atoms with Gasteiger partial charge >= 0.3 is 21.2 Å². The zero-order valence-electron chi connectivity index (χ0n) is 15.3. The van der Waals surface area contributed by atoms with Gasteiger partial charge in [0.05, 0.1) is 29.5 Å². The smallest absolute Gasteiger partial charge is 0.371 e. The average molecular weight is 456 g/mol. The number of carbonyl (C=O) groups is 1. The third-order valence-electron chi connectivity index (χ3n) is 4.38. The lowest BCUT2D eigenvalue weighted by molar-refractivity contribution is 0.0472. The molecule has 0 amide bonds. The normalized spacial score (nSPS) is 12.8. The van der Waals surface area contributed by atoms with Gasteiger partial charge in [0.25, 0.3) is 5.08 Å². The Kier molecular flexibility index (Phi) is 5.99. The van der Waals surface area contributed by atoms with Gasteiger partial charge < -0.3 is 34.0 Å². The number of ether oxygens (including phenoxy) is 1. The van der Waals surface area contributed by atoms with Crippen molar-refractivity contribution in [2.45, 2.75) is 18.2 Å². The average Bonchev–Trinajstić information content (AvgIpc) is 3.07. The van der Waals surface area contributed by atoms with E-state index >= 15 is 0 Å². The summed E-state index contributed by atoms with van der Waals surface area (Å²) in [7, 11) is -11.3. The molecule has 0 spiro atoms. The van der Waals surface area contributed by atoms with Crippen molar-refractivity contribution >= 4 is 32.2 Å². The largest absolute Gasteiger partial charge is 0.457 e. The van der Waals surface area contributed by atoms with E-state index in [1.54, 1.807) is 24.3 Å². The Morgan fingerprint density at radius 2 is 1.67 bits per heavy atom. The molecule has 30 heavy (non-hydrogen) atoms. The number of hydrogen-bond donors (Lipinski definition) is 5. The molecule has 1 aromatic heterocycles. The number of hydrogen-bond acceptors (Lipinski definition) is 6. The first kappa shape index (κ1) is 22.3. The standard InChI is InChI=1S/C17H18N2O9P2/c20-16(28-9-12-4-2-1-3-5-12)13-6-7-14-15(8-13)19(11-18-14)10-17(21,29(22,23)24)30(25,26)27/h1-8,11,21H,9-10H2,(H2,22,23,24)(H2,25,26,27). The number of fused-ring (bicyclic) bond motifs is 1. The fourth-order valence-corrected chi connectivity index (χ4v) is 4.73. The summed E-state index contributed by atoms with van der Waals surface area (Å²) in [5.74, 6) is -0.686. The van der Waals surface area contributed by atoms with Crippen molar-refractivity contribution in [2.75, 3.05) is 0 Å². The molecule has 0 saturated carbocycles. The summed E-state index contributed by atoms with van der Waals surface area (Å²) in [5, 5.41) is 6.48. The maximum atomic E-state index is 12.3. The molecule has 0 unspecified atom stereocenters. The molecular weight excluding hydrogens is 438 g/mol. The molecule has 0 bridgehead atoms. The molecule has 3 rings (SSSR count). The second kappa shape index (κ2) is 8.05. The summed E-state index contributed by atoms with van der Waals surface area (Å²) < 4.78 is 29.4. The monoisotopic (exact) mass is 456 g/mol. The Bertz CT molecular complexity index is 1140. The van der Waals surface area contributed by atoms with E-state index in [2.05, 4.69) is 4.98 Å². The first-order chi connectivity index (χ1) is 13.9. The van der Waals surface area contributed by atoms with Gasteiger partial charge in [0.2, 0.25) is 0 Å². The Balaban J connectivity index is 1.90. The van der Waals surface area contributed by atoms with E-state index < -0.39 is 32.8 Å². The Labute approximate surface area is 169 Å². The van der Waals surface area contributed by atoms with E-state index in [1.165, 1.54) is 18.2 Å². The molecule has 0 aliphatic heterocycles. The molecular formula is C17H18N2O9P2. The molecule has 3 aromatic rings. The molecule has 160 valence electrons. The van der Waals surface area contributed by atoms with Crippen LogP contribution in [0.15, 0.2) is 54.9 Å². The summed E-state index contributed by atoms with van der Waals surface area (Å²) in [6.07, 6.45) is 1.04. The predicted molar refractivity (Wildman–Crippen MR) is 104 cm³/mol. The van der Waals surface area contributed by atoms with Gasteiger partial charge in [-0.05, 0) is 23.8 Å². The number of esters is 1. The number of aromatic nitrogens is 2. The number of carbonyl (C=O) groups excluding carboxylic acids is 1. The maximum absolute atomic E-state index is 12.3. The van der Waals surface area contributed by atoms with Crippen LogP contribution >= 0.6 is 15.2 Å². The number of imidazole rings is 1. The fourth-order valence-electron chi connectivity index (χ4n) is 2.70. The van der Waals surface area contributed by atoms with Crippen LogP contribution in [0.1, 0.15) is 15.9 Å². The number of benzene rings is 2. The van der Waals surface area contributed by atoms with Gasteiger partial charge in [0.15, 0.2) is 0 Å². The second-order valence-corrected chi connectivity index (χ2v) is 10.5. The van der Waals surface area contributed by atoms with Gasteiger partial charge in [0, 0.05) is 0 Å². The lowest BCUT2D eigenvalue weighted by atomic mass is 10.2. The predicted octanol–water partition coefficient (Wildman–Crippen LogP) is 1.39. The van der Waals surface area contributed by atoms with Crippen LogP contribution in [0.25, 0.3) is 11.0 Å². The van der Waals surface area contributed by atoms with E-state index in [-0.39, 0.29) is 23.2 Å². The van der Waals surface area contributed by atoms with Crippen molar-refractivity contribution in [3.63, 3.8) is 0 Å². The molecule has 0 fully saturated rings. The van der Waals surface area contributed by atoms with Crippen LogP contribution in [0.4, 0.5) is 0 Å². The van der Waals surface area contributed by atoms with E-state index in [1.807, 2.05) is 6.07 Å². The molecule has 5 N–H and O–H groups in total. The van der Waals surface area contributed by atoms with Crippen LogP contribution < -0.4 is 0 Å². The minimum atomic E-state index is -5.65. The summed E-state index contributed by atoms with van der Waals surface area (Å²) in [6, 6.07) is 13.1. The topological polar surface area (TPSA) is 179 Å². The fraction of sp³-hybridized carbons (Fsp3) is 0.176. The van der Waals surface area contributed by atoms with Crippen LogP contribution in [-0.4, -0.2) is 45.3 Å². The highest BCUT2D eigenvalue weighted by Gasteiger charge is 2.59. The number of aliphatic hydroxyl groups is 1. The zero-order valence-corrected chi connectivity index (χ0v) is 17.1. The molecule has 0 saturated heterocycles. The molecule has 13 heteroatoms. The Hall–Kier alpha value is -2.36. The van der Waals surface area contributed by atoms with Gasteiger partial charge in [-0.2, -0.15) is 0 Å². The second-order valence-electron chi connectivity index (χ2n) is 6.50. The summed E-state index contributed by atoms with van der Waals surface area (Å²) >= 11 is 0. The van der Waals surface area contributed by atoms with Gasteiger partial charge in [-0.15, -0.1) is 0 Å². The zero-order chi connectivity index (χ0) is 22.2. The van der Waals surface area contributed by atoms with Gasteiger partial charge in [-0.3, -0.25) is 9.13 Å². The first-order valence-corrected chi connectivity index (χ1v) is 11.6. The van der Waals surface area contributed by atoms with Crippen LogP contribution in [-0.2, 0) is 27.0 Å². The summed E-state index contributed by atoms with van der Waals surface area (Å²) in [6.45, 7) is -1.13. The molecule has 0 atom stereocenters. The quantitative estimate of drug-likeness (QED) is 0.258. The maximum Gasteiger partial charge on any atom is 0.371 e. The van der Waals surface area contributed by atoms with Gasteiger partial charge in [-0.1, -0.05) is 30.3 Å². The van der Waals surface area contributed by atoms with Crippen LogP contribution in [0.5, 0.6) is 0 Å². The van der Waals surface area contributed by atoms with Crippen LogP contribution in [0, 0.1) is 0 Å². The third-order valence-corrected chi connectivity index (χ3v) is 8.10. The van der Waals surface area contributed by atoms with Crippen LogP contribution in [0.2, 0.25) is 0 Å². The lowest BCUT2D eigenvalue weighted by Crippen LogP contribution is -2.33.